The van der Waals surface area contributed by atoms with Crippen LogP contribution >= 0.6 is 11.6 Å². The van der Waals surface area contributed by atoms with Crippen molar-refractivity contribution in [1.82, 2.24) is 19.4 Å². The lowest BCUT2D eigenvalue weighted by Crippen LogP contribution is -2.65. The van der Waals surface area contributed by atoms with Crippen LogP contribution < -0.4 is 14.4 Å². The van der Waals surface area contributed by atoms with E-state index in [9.17, 15) is 13.8 Å². The van der Waals surface area contributed by atoms with Crippen LogP contribution in [0.4, 0.5) is 5.69 Å². The number of anilines is 1. The van der Waals surface area contributed by atoms with Gasteiger partial charge in [0.1, 0.15) is 11.4 Å². The Balaban J connectivity index is 1.16. The molecular formula is C45H60ClN5O5S. The Bertz CT molecular complexity index is 2030. The van der Waals surface area contributed by atoms with E-state index in [1.165, 1.54) is 17.2 Å². The van der Waals surface area contributed by atoms with Crippen molar-refractivity contribution >= 4 is 44.7 Å². The normalized spacial score (nSPS) is 35.4. The van der Waals surface area contributed by atoms with Gasteiger partial charge >= 0.3 is 0 Å². The predicted octanol–water partition coefficient (Wildman–Crippen LogP) is 5.58. The van der Waals surface area contributed by atoms with E-state index in [2.05, 4.69) is 63.1 Å². The van der Waals surface area contributed by atoms with Crippen LogP contribution in [0.3, 0.4) is 0 Å². The van der Waals surface area contributed by atoms with Gasteiger partial charge in [-0.2, -0.15) is 0 Å². The number of hydrogen-bond acceptors (Lipinski definition) is 8. The lowest BCUT2D eigenvalue weighted by Gasteiger charge is -2.53. The molecule has 2 unspecified atom stereocenters. The first-order chi connectivity index (χ1) is 27.3. The third-order valence-electron chi connectivity index (χ3n) is 14.5. The summed E-state index contributed by atoms with van der Waals surface area (Å²) in [5.74, 6) is 5.01. The minimum atomic E-state index is -2.99. The topological polar surface area (TPSA) is 94.7 Å². The van der Waals surface area contributed by atoms with Crippen LogP contribution in [0.2, 0.25) is 5.02 Å². The molecule has 4 heterocycles. The van der Waals surface area contributed by atoms with Crippen molar-refractivity contribution in [2.24, 2.45) is 17.8 Å². The van der Waals surface area contributed by atoms with Crippen molar-refractivity contribution < 1.29 is 23.3 Å². The van der Waals surface area contributed by atoms with E-state index >= 15 is 0 Å². The summed E-state index contributed by atoms with van der Waals surface area (Å²) < 4.78 is 30.5. The van der Waals surface area contributed by atoms with Gasteiger partial charge < -0.3 is 19.3 Å². The Labute approximate surface area is 344 Å². The number of ether oxygens (including phenoxy) is 2. The van der Waals surface area contributed by atoms with Crippen LogP contribution in [-0.2, 0) is 31.1 Å². The molecule has 1 saturated carbocycles. The molecule has 2 bridgehead atoms. The van der Waals surface area contributed by atoms with Gasteiger partial charge in [-0.05, 0) is 117 Å². The van der Waals surface area contributed by atoms with Gasteiger partial charge in [0.15, 0.2) is 0 Å². The molecule has 308 valence electrons. The van der Waals surface area contributed by atoms with Crippen LogP contribution in [0.15, 0.2) is 61.2 Å². The zero-order valence-electron chi connectivity index (χ0n) is 33.9. The highest BCUT2D eigenvalue weighted by molar-refractivity contribution is 7.99. The number of amides is 2. The number of benzene rings is 2. The molecule has 1 spiro atoms. The summed E-state index contributed by atoms with van der Waals surface area (Å²) in [5, 5.41) is 0.386. The molecule has 4 aliphatic heterocycles. The quantitative estimate of drug-likeness (QED) is 0.243. The highest BCUT2D eigenvalue weighted by Crippen LogP contribution is 2.49. The monoisotopic (exact) mass is 817 g/mol. The first-order valence-electron chi connectivity index (χ1n) is 20.9. The van der Waals surface area contributed by atoms with E-state index < -0.39 is 15.3 Å². The number of rotatable bonds is 4. The van der Waals surface area contributed by atoms with Gasteiger partial charge in [0.2, 0.25) is 5.91 Å². The molecule has 6 aliphatic rings. The van der Waals surface area contributed by atoms with Crippen LogP contribution in [0.1, 0.15) is 67.4 Å². The van der Waals surface area contributed by atoms with E-state index in [1.54, 1.807) is 6.07 Å². The molecule has 2 amide bonds. The zero-order chi connectivity index (χ0) is 40.1. The maximum absolute atomic E-state index is 14.1. The van der Waals surface area contributed by atoms with Crippen molar-refractivity contribution in [3.8, 4) is 5.75 Å². The Hall–Kier alpha value is -3.35. The van der Waals surface area contributed by atoms with Crippen molar-refractivity contribution in [2.45, 2.75) is 74.7 Å². The Morgan fingerprint density at radius 3 is 2.70 bits per heavy atom. The fraction of sp³-hybridized carbons (Fsp3) is 0.578. The predicted molar refractivity (Wildman–Crippen MR) is 230 cm³/mol. The molecule has 3 fully saturated rings. The largest absolute Gasteiger partial charge is 0.490 e. The summed E-state index contributed by atoms with van der Waals surface area (Å²) in [6.07, 6.45) is 11.8. The number of halogens is 1. The second-order valence-corrected chi connectivity index (χ2v) is 20.6. The number of carbonyl (C=O) groups excluding carboxylic acids is 2. The smallest absolute Gasteiger partial charge is 0.262 e. The highest BCUT2D eigenvalue weighted by atomic mass is 35.5. The maximum Gasteiger partial charge on any atom is 0.262 e. The van der Waals surface area contributed by atoms with Crippen molar-refractivity contribution in [3.05, 3.63) is 82.9 Å². The molecule has 0 radical (unpaired) electrons. The van der Waals surface area contributed by atoms with E-state index in [4.69, 9.17) is 21.1 Å². The number of carbonyl (C=O) groups is 2. The number of aryl methyl sites for hydroxylation is 1. The number of methoxy groups -OCH3 is 1. The first kappa shape index (κ1) is 40.4. The zero-order valence-corrected chi connectivity index (χ0v) is 35.5. The van der Waals surface area contributed by atoms with Crippen LogP contribution in [0, 0.1) is 17.8 Å². The Morgan fingerprint density at radius 1 is 1.11 bits per heavy atom. The van der Waals surface area contributed by atoms with E-state index in [0.29, 0.717) is 31.1 Å². The summed E-state index contributed by atoms with van der Waals surface area (Å²) in [4.78, 5) is 36.0. The molecule has 8 rings (SSSR count). The SMILES string of the molecule is C=CC(=O)N1CCN2CCN(C[C@]3(OC)/C=C/C[C@H](C)[C@@H](C)S(=C)(=O)NC(=O)c4ccc5c(c4)N(C[C@@H]4CC[C@H]43)C[C@@]3(CCCc4cc(Cl)ccc43)CO5)CC2C1. The minimum Gasteiger partial charge on any atom is -0.490 e. The summed E-state index contributed by atoms with van der Waals surface area (Å²) in [6.45, 7) is 15.6. The molecule has 2 aromatic carbocycles. The van der Waals surface area contributed by atoms with Crippen LogP contribution in [0.5, 0.6) is 5.75 Å². The number of allylic oxidation sites excluding steroid dienone is 1. The third-order valence-corrected chi connectivity index (χ3v) is 16.9. The molecular weight excluding hydrogens is 758 g/mol. The van der Waals surface area contributed by atoms with E-state index in [1.807, 2.05) is 37.1 Å². The summed E-state index contributed by atoms with van der Waals surface area (Å²) in [6, 6.07) is 12.2. The molecule has 8 atom stereocenters. The summed E-state index contributed by atoms with van der Waals surface area (Å²) in [5.41, 5.74) is 3.10. The van der Waals surface area contributed by atoms with E-state index in [-0.39, 0.29) is 40.4 Å². The molecule has 10 nitrogen and oxygen atoms in total. The fourth-order valence-corrected chi connectivity index (χ4v) is 12.4. The standard InChI is InChI=1S/C45H60ClN5O5S/c1-6-42(52)50-22-21-49-20-19-48(26-37(49)27-50)29-45(55-4)18-7-9-31(2)32(3)57(5,54)47-43(53)34-12-16-41-40(24-34)51(25-35-11-14-39(35)45)28-44(30-56-41)17-8-10-33-23-36(46)13-15-38(33)44/h6-7,12-13,15-16,18,23-24,31-32,35,37,39H,1,5,8-11,14,17,19-22,25-30H2,2-4H3,(H,47,53,54)/b18-7+/t31-,32+,35-,37?,39+,44-,45+,57?/m0/s1. The maximum atomic E-state index is 14.1. The highest BCUT2D eigenvalue weighted by Gasteiger charge is 2.50. The van der Waals surface area contributed by atoms with Gasteiger partial charge in [-0.15, -0.1) is 0 Å². The average molecular weight is 819 g/mol. The molecule has 2 saturated heterocycles. The summed E-state index contributed by atoms with van der Waals surface area (Å²) in [7, 11) is -1.13. The van der Waals surface area contributed by atoms with Crippen LogP contribution in [0.25, 0.3) is 0 Å². The lowest BCUT2D eigenvalue weighted by molar-refractivity contribution is -0.131. The second-order valence-electron chi connectivity index (χ2n) is 17.8. The van der Waals surface area contributed by atoms with Gasteiger partial charge in [0.05, 0.1) is 22.0 Å². The number of nitrogens with one attached hydrogen (secondary N) is 1. The Kier molecular flexibility index (Phi) is 11.4. The first-order valence-corrected chi connectivity index (χ1v) is 23.1. The van der Waals surface area contributed by atoms with Crippen LogP contribution in [-0.4, -0.2) is 126 Å². The average Bonchev–Trinajstić information content (AvgIpc) is 3.34. The van der Waals surface area contributed by atoms with Crippen molar-refractivity contribution in [3.63, 3.8) is 0 Å². The fourth-order valence-electron chi connectivity index (χ4n) is 10.7. The minimum absolute atomic E-state index is 0.00180. The molecule has 0 aromatic heterocycles. The second kappa shape index (κ2) is 16.0. The van der Waals surface area contributed by atoms with E-state index in [0.717, 1.165) is 101 Å². The number of fused-ring (bicyclic) bond motifs is 5. The Morgan fingerprint density at radius 2 is 1.93 bits per heavy atom. The molecule has 1 N–H and O–H groups in total. The molecule has 2 aromatic rings. The van der Waals surface area contributed by atoms with Gasteiger partial charge in [-0.1, -0.05) is 43.3 Å². The third kappa shape index (κ3) is 7.79. The molecule has 12 heteroatoms. The van der Waals surface area contributed by atoms with Gasteiger partial charge in [0.25, 0.3) is 5.91 Å². The number of nitrogens with zero attached hydrogens (tertiary/aromatic N) is 4. The summed E-state index contributed by atoms with van der Waals surface area (Å²) >= 11 is 6.54. The number of piperazine rings is 2. The lowest BCUT2D eigenvalue weighted by atomic mass is 9.63. The molecule has 57 heavy (non-hydrogen) atoms. The van der Waals surface area contributed by atoms with Gasteiger partial charge in [-0.3, -0.25) is 24.1 Å². The van der Waals surface area contributed by atoms with Gasteiger partial charge in [0, 0.05) is 93.3 Å². The molecule has 2 aliphatic carbocycles. The van der Waals surface area contributed by atoms with Crippen molar-refractivity contribution in [2.75, 3.05) is 77.5 Å². The number of hydrogen-bond donors (Lipinski definition) is 1. The van der Waals surface area contributed by atoms with Crippen molar-refractivity contribution in [1.29, 1.82) is 0 Å². The van der Waals surface area contributed by atoms with Gasteiger partial charge in [-0.25, -0.2) is 4.21 Å².